The Morgan fingerprint density at radius 3 is 3.04 bits per heavy atom. The van der Waals surface area contributed by atoms with Gasteiger partial charge in [0.05, 0.1) is 0 Å². The lowest BCUT2D eigenvalue weighted by atomic mass is 9.99. The largest absolute Gasteiger partial charge is 0.381 e. The van der Waals surface area contributed by atoms with Crippen LogP contribution in [0.5, 0.6) is 0 Å². The zero-order valence-electron chi connectivity index (χ0n) is 15.6. The van der Waals surface area contributed by atoms with E-state index in [2.05, 4.69) is 57.1 Å². The van der Waals surface area contributed by atoms with Crippen molar-refractivity contribution in [3.05, 3.63) is 71.2 Å². The fraction of sp³-hybridized carbons (Fsp3) is 0.348. The fourth-order valence-electron chi connectivity index (χ4n) is 4.22. The fourth-order valence-corrected chi connectivity index (χ4v) is 4.22. The normalized spacial score (nSPS) is 21.6. The molecular formula is C23H26N4. The number of likely N-dealkylation sites (tertiary alicyclic amines) is 1. The van der Waals surface area contributed by atoms with Gasteiger partial charge in [-0.3, -0.25) is 9.88 Å². The van der Waals surface area contributed by atoms with Crippen molar-refractivity contribution >= 4 is 17.5 Å². The highest BCUT2D eigenvalue weighted by atomic mass is 15.2. The number of hydrogen-bond donors (Lipinski definition) is 2. The Labute approximate surface area is 161 Å². The molecular weight excluding hydrogens is 332 g/mol. The van der Waals surface area contributed by atoms with Gasteiger partial charge in [-0.1, -0.05) is 12.1 Å². The van der Waals surface area contributed by atoms with E-state index < -0.39 is 0 Å². The van der Waals surface area contributed by atoms with Gasteiger partial charge in [0.1, 0.15) is 0 Å². The summed E-state index contributed by atoms with van der Waals surface area (Å²) in [6.45, 7) is 3.24. The summed E-state index contributed by atoms with van der Waals surface area (Å²) < 4.78 is 0. The van der Waals surface area contributed by atoms with Gasteiger partial charge in [0.25, 0.3) is 0 Å². The average Bonchev–Trinajstić information content (AvgIpc) is 3.54. The lowest BCUT2D eigenvalue weighted by Gasteiger charge is -2.33. The van der Waals surface area contributed by atoms with Gasteiger partial charge >= 0.3 is 0 Å². The smallest absolute Gasteiger partial charge is 0.0451 e. The van der Waals surface area contributed by atoms with E-state index in [0.717, 1.165) is 13.1 Å². The molecule has 2 fully saturated rings. The molecule has 1 aromatic heterocycles. The van der Waals surface area contributed by atoms with E-state index in [4.69, 9.17) is 0 Å². The minimum absolute atomic E-state index is 0.500. The van der Waals surface area contributed by atoms with Crippen molar-refractivity contribution in [3.8, 4) is 0 Å². The minimum Gasteiger partial charge on any atom is -0.381 e. The number of aromatic nitrogens is 1. The van der Waals surface area contributed by atoms with Gasteiger partial charge in [-0.25, -0.2) is 0 Å². The number of pyridine rings is 1. The van der Waals surface area contributed by atoms with Crippen molar-refractivity contribution in [1.82, 2.24) is 15.2 Å². The molecule has 27 heavy (non-hydrogen) atoms. The molecule has 2 aromatic rings. The first kappa shape index (κ1) is 16.6. The van der Waals surface area contributed by atoms with Gasteiger partial charge in [-0.05, 0) is 73.2 Å². The van der Waals surface area contributed by atoms with Crippen LogP contribution in [0.1, 0.15) is 42.4 Å². The monoisotopic (exact) mass is 358 g/mol. The Hall–Kier alpha value is -2.59. The Kier molecular flexibility index (Phi) is 4.42. The van der Waals surface area contributed by atoms with E-state index in [-0.39, 0.29) is 0 Å². The van der Waals surface area contributed by atoms with Crippen LogP contribution in [0.2, 0.25) is 0 Å². The van der Waals surface area contributed by atoms with Gasteiger partial charge in [0.15, 0.2) is 0 Å². The molecule has 1 atom stereocenters. The number of nitrogens with one attached hydrogen (secondary N) is 2. The third-order valence-electron chi connectivity index (χ3n) is 5.67. The standard InChI is InChI=1S/C23H26N4/c1-3-17(14-24-10-1)15-27-12-2-4-21(16-27)26-20-7-8-22-19(13-20)9-11-25-23(22)18-5-6-18/h1,3,7-11,13-14,21,25-26H,2,4-6,12,15-16H2. The summed E-state index contributed by atoms with van der Waals surface area (Å²) >= 11 is 0. The molecule has 0 bridgehead atoms. The summed E-state index contributed by atoms with van der Waals surface area (Å²) in [4.78, 5) is 6.78. The van der Waals surface area contributed by atoms with Gasteiger partial charge < -0.3 is 10.6 Å². The van der Waals surface area contributed by atoms with Gasteiger partial charge in [-0.2, -0.15) is 0 Å². The molecule has 1 saturated carbocycles. The van der Waals surface area contributed by atoms with Crippen molar-refractivity contribution in [3.63, 3.8) is 0 Å². The zero-order valence-corrected chi connectivity index (χ0v) is 15.6. The van der Waals surface area contributed by atoms with E-state index in [1.54, 1.807) is 5.57 Å². The summed E-state index contributed by atoms with van der Waals surface area (Å²) in [5.74, 6) is 0. The summed E-state index contributed by atoms with van der Waals surface area (Å²) in [6, 6.07) is 11.5. The number of allylic oxidation sites excluding steroid dienone is 1. The molecule has 0 spiro atoms. The highest BCUT2D eigenvalue weighted by Gasteiger charge is 2.23. The van der Waals surface area contributed by atoms with Gasteiger partial charge in [0.2, 0.25) is 0 Å². The minimum atomic E-state index is 0.500. The third-order valence-corrected chi connectivity index (χ3v) is 5.67. The SMILES string of the molecule is C1=Cc2cc(NC3CCCN(Cc4cccnc4)C3)ccc2C(=C2CC2)N1. The number of fused-ring (bicyclic) bond motifs is 1. The Bertz CT molecular complexity index is 879. The number of rotatable bonds is 4. The molecule has 5 rings (SSSR count). The molecule has 4 nitrogen and oxygen atoms in total. The van der Waals surface area contributed by atoms with E-state index >= 15 is 0 Å². The third kappa shape index (κ3) is 3.76. The van der Waals surface area contributed by atoms with Crippen LogP contribution >= 0.6 is 0 Å². The highest BCUT2D eigenvalue weighted by molar-refractivity contribution is 5.82. The Balaban J connectivity index is 1.27. The van der Waals surface area contributed by atoms with Crippen molar-refractivity contribution < 1.29 is 0 Å². The topological polar surface area (TPSA) is 40.2 Å². The maximum atomic E-state index is 4.24. The lowest BCUT2D eigenvalue weighted by molar-refractivity contribution is 0.208. The first-order valence-corrected chi connectivity index (χ1v) is 10.0. The Morgan fingerprint density at radius 2 is 2.19 bits per heavy atom. The Morgan fingerprint density at radius 1 is 1.22 bits per heavy atom. The predicted molar refractivity (Wildman–Crippen MR) is 111 cm³/mol. The van der Waals surface area contributed by atoms with Crippen LogP contribution in [0.3, 0.4) is 0 Å². The molecule has 1 aromatic carbocycles. The quantitative estimate of drug-likeness (QED) is 0.858. The van der Waals surface area contributed by atoms with E-state index in [1.165, 1.54) is 60.3 Å². The second-order valence-corrected chi connectivity index (χ2v) is 7.84. The summed E-state index contributed by atoms with van der Waals surface area (Å²) in [5, 5.41) is 7.21. The van der Waals surface area contributed by atoms with Crippen molar-refractivity contribution in [1.29, 1.82) is 0 Å². The number of nitrogens with zero attached hydrogens (tertiary/aromatic N) is 2. The van der Waals surface area contributed by atoms with E-state index in [0.29, 0.717) is 6.04 Å². The molecule has 3 heterocycles. The van der Waals surface area contributed by atoms with E-state index in [9.17, 15) is 0 Å². The van der Waals surface area contributed by atoms with Crippen LogP contribution in [0.4, 0.5) is 5.69 Å². The second kappa shape index (κ2) is 7.20. The van der Waals surface area contributed by atoms with E-state index in [1.807, 2.05) is 18.5 Å². The van der Waals surface area contributed by atoms with Crippen LogP contribution in [-0.2, 0) is 6.54 Å². The van der Waals surface area contributed by atoms with Gasteiger partial charge in [-0.15, -0.1) is 0 Å². The number of piperidine rings is 1. The first-order chi connectivity index (χ1) is 13.3. The molecule has 4 heteroatoms. The number of benzene rings is 1. The van der Waals surface area contributed by atoms with Crippen molar-refractivity contribution in [2.75, 3.05) is 18.4 Å². The molecule has 0 amide bonds. The number of hydrogen-bond acceptors (Lipinski definition) is 4. The average molecular weight is 358 g/mol. The van der Waals surface area contributed by atoms with Crippen LogP contribution in [0.15, 0.2) is 54.5 Å². The van der Waals surface area contributed by atoms with Crippen molar-refractivity contribution in [2.45, 2.75) is 38.3 Å². The lowest BCUT2D eigenvalue weighted by Crippen LogP contribution is -2.41. The highest BCUT2D eigenvalue weighted by Crippen LogP contribution is 2.38. The summed E-state index contributed by atoms with van der Waals surface area (Å²) in [5.41, 5.74) is 8.08. The molecule has 1 aliphatic carbocycles. The predicted octanol–water partition coefficient (Wildman–Crippen LogP) is 4.24. The number of anilines is 1. The van der Waals surface area contributed by atoms with Crippen molar-refractivity contribution in [2.24, 2.45) is 0 Å². The second-order valence-electron chi connectivity index (χ2n) is 7.84. The molecule has 1 saturated heterocycles. The van der Waals surface area contributed by atoms with Crippen LogP contribution in [0.25, 0.3) is 11.8 Å². The maximum Gasteiger partial charge on any atom is 0.0451 e. The first-order valence-electron chi connectivity index (χ1n) is 10.0. The van der Waals surface area contributed by atoms with Crippen LogP contribution in [0, 0.1) is 0 Å². The molecule has 1 unspecified atom stereocenters. The van der Waals surface area contributed by atoms with Crippen LogP contribution < -0.4 is 10.6 Å². The molecule has 3 aliphatic rings. The molecule has 138 valence electrons. The summed E-state index contributed by atoms with van der Waals surface area (Å²) in [7, 11) is 0. The van der Waals surface area contributed by atoms with Crippen LogP contribution in [-0.4, -0.2) is 29.0 Å². The molecule has 0 radical (unpaired) electrons. The zero-order chi connectivity index (χ0) is 18.1. The summed E-state index contributed by atoms with van der Waals surface area (Å²) in [6.07, 6.45) is 13.0. The molecule has 2 N–H and O–H groups in total. The van der Waals surface area contributed by atoms with Gasteiger partial charge in [0, 0.05) is 54.7 Å². The maximum absolute atomic E-state index is 4.24. The molecule has 2 aliphatic heterocycles.